The molecule has 4 aromatic rings. The number of amides is 4. The highest BCUT2D eigenvalue weighted by Crippen LogP contribution is 2.34. The van der Waals surface area contributed by atoms with Crippen LogP contribution in [0, 0.1) is 5.92 Å². The van der Waals surface area contributed by atoms with Crippen molar-refractivity contribution < 1.29 is 28.7 Å². The van der Waals surface area contributed by atoms with E-state index in [9.17, 15) is 19.2 Å². The number of likely N-dealkylation sites (tertiary alicyclic amines) is 1. The number of alkyl carbamates (subject to hydrolysis) is 2. The number of rotatable bonds is 11. The summed E-state index contributed by atoms with van der Waals surface area (Å²) in [7, 11) is 2.56. The number of hydrogen-bond acceptors (Lipinski definition) is 8. The highest BCUT2D eigenvalue weighted by Gasteiger charge is 2.37. The van der Waals surface area contributed by atoms with Gasteiger partial charge in [0.25, 0.3) is 0 Å². The molecular formula is C39H46N8O6. The lowest BCUT2D eigenvalue weighted by Gasteiger charge is -2.29. The van der Waals surface area contributed by atoms with Crippen LogP contribution in [-0.2, 0) is 19.1 Å². The maximum absolute atomic E-state index is 13.5. The van der Waals surface area contributed by atoms with Gasteiger partial charge in [-0.05, 0) is 47.4 Å². The second-order valence-electron chi connectivity index (χ2n) is 13.5. The van der Waals surface area contributed by atoms with Crippen molar-refractivity contribution in [2.24, 2.45) is 5.92 Å². The number of aromatic amines is 2. The molecule has 1 fully saturated rings. The number of hydrogen-bond donors (Lipinski definition) is 4. The van der Waals surface area contributed by atoms with E-state index >= 15 is 0 Å². The molecule has 6 rings (SSSR count). The van der Waals surface area contributed by atoms with Gasteiger partial charge < -0.3 is 39.9 Å². The molecule has 53 heavy (non-hydrogen) atoms. The van der Waals surface area contributed by atoms with Crippen LogP contribution in [0.5, 0.6) is 0 Å². The van der Waals surface area contributed by atoms with Gasteiger partial charge in [0.1, 0.15) is 29.8 Å². The molecule has 4 atom stereocenters. The molecule has 14 nitrogen and oxygen atoms in total. The SMILES string of the molecule is CC[C@@H](NC(=O)OC)C(=O)N1CCC[C@H]1c1ncc(-c2ccc(-c3ccc(-c4cnc([C@@H]5C=CCN5C(=O)[C@@H](NC(=O)OC)C(C)C)[nH]4)cc3)cc2)[nH]1. The van der Waals surface area contributed by atoms with Gasteiger partial charge in [-0.1, -0.05) is 81.5 Å². The molecule has 2 aromatic carbocycles. The summed E-state index contributed by atoms with van der Waals surface area (Å²) in [6, 6.07) is 14.4. The molecule has 2 aromatic heterocycles. The third-order valence-electron chi connectivity index (χ3n) is 9.86. The Labute approximate surface area is 308 Å². The van der Waals surface area contributed by atoms with E-state index in [0.717, 1.165) is 52.3 Å². The topological polar surface area (TPSA) is 175 Å². The summed E-state index contributed by atoms with van der Waals surface area (Å²) in [4.78, 5) is 70.0. The van der Waals surface area contributed by atoms with Crippen LogP contribution in [0.25, 0.3) is 33.6 Å². The van der Waals surface area contributed by atoms with E-state index in [-0.39, 0.29) is 29.8 Å². The Hall–Kier alpha value is -5.92. The Morgan fingerprint density at radius 3 is 1.91 bits per heavy atom. The van der Waals surface area contributed by atoms with Crippen LogP contribution in [0.2, 0.25) is 0 Å². The normalized spacial score (nSPS) is 17.8. The van der Waals surface area contributed by atoms with Gasteiger partial charge in [0.05, 0.1) is 44.0 Å². The Balaban J connectivity index is 1.10. The van der Waals surface area contributed by atoms with Gasteiger partial charge in [0, 0.05) is 13.1 Å². The molecule has 0 aliphatic carbocycles. The molecule has 0 saturated carbocycles. The number of aromatic nitrogens is 4. The minimum atomic E-state index is -0.726. The monoisotopic (exact) mass is 722 g/mol. The summed E-state index contributed by atoms with van der Waals surface area (Å²) in [6.45, 7) is 6.63. The van der Waals surface area contributed by atoms with Gasteiger partial charge in [-0.15, -0.1) is 0 Å². The van der Waals surface area contributed by atoms with Crippen LogP contribution >= 0.6 is 0 Å². The predicted octanol–water partition coefficient (Wildman–Crippen LogP) is 5.75. The van der Waals surface area contributed by atoms with Gasteiger partial charge in [-0.25, -0.2) is 19.6 Å². The first-order chi connectivity index (χ1) is 25.6. The highest BCUT2D eigenvalue weighted by molar-refractivity contribution is 5.87. The first kappa shape index (κ1) is 36.9. The van der Waals surface area contributed by atoms with Gasteiger partial charge in [-0.2, -0.15) is 0 Å². The molecule has 0 unspecified atom stereocenters. The zero-order chi connectivity index (χ0) is 37.6. The summed E-state index contributed by atoms with van der Waals surface area (Å²) >= 11 is 0. The molecule has 2 aliphatic rings. The number of carbonyl (C=O) groups is 4. The number of methoxy groups -OCH3 is 2. The van der Waals surface area contributed by atoms with Crippen LogP contribution in [0.1, 0.15) is 63.8 Å². The van der Waals surface area contributed by atoms with E-state index in [1.165, 1.54) is 14.2 Å². The molecule has 14 heteroatoms. The zero-order valence-corrected chi connectivity index (χ0v) is 30.6. The van der Waals surface area contributed by atoms with Crippen molar-refractivity contribution in [3.05, 3.63) is 84.7 Å². The number of nitrogens with one attached hydrogen (secondary N) is 4. The third kappa shape index (κ3) is 7.96. The maximum Gasteiger partial charge on any atom is 0.407 e. The first-order valence-electron chi connectivity index (χ1n) is 17.9. The fraction of sp³-hybridized carbons (Fsp3) is 0.385. The third-order valence-corrected chi connectivity index (χ3v) is 9.86. The smallest absolute Gasteiger partial charge is 0.407 e. The Morgan fingerprint density at radius 1 is 0.792 bits per heavy atom. The number of carbonyl (C=O) groups excluding carboxylic acids is 4. The zero-order valence-electron chi connectivity index (χ0n) is 30.6. The number of imidazole rings is 2. The highest BCUT2D eigenvalue weighted by atomic mass is 16.5. The fourth-order valence-electron chi connectivity index (χ4n) is 6.89. The van der Waals surface area contributed by atoms with E-state index in [4.69, 9.17) is 9.47 Å². The van der Waals surface area contributed by atoms with Crippen molar-refractivity contribution >= 4 is 24.0 Å². The minimum Gasteiger partial charge on any atom is -0.453 e. The van der Waals surface area contributed by atoms with Crippen LogP contribution in [0.15, 0.2) is 73.1 Å². The standard InChI is InChI=1S/C39H46N8O6/c1-6-28(44-38(50)52-4)36(48)46-19-7-9-31(46)34-40-21-29(42-34)26-15-11-24(12-16-26)25-13-17-27(18-14-25)30-22-41-35(43-30)32-10-8-20-47(32)37(49)33(23(2)3)45-39(51)53-5/h8,10-18,21-23,28,31-33H,6-7,9,19-20H2,1-5H3,(H,40,42)(H,41,43)(H,44,50)(H,45,51)/t28-,31+,32+,33+/m1/s1. The average molecular weight is 723 g/mol. The van der Waals surface area contributed by atoms with Crippen molar-refractivity contribution in [1.29, 1.82) is 0 Å². The Morgan fingerprint density at radius 2 is 1.34 bits per heavy atom. The Bertz CT molecular complexity index is 1950. The molecule has 4 heterocycles. The molecule has 0 spiro atoms. The van der Waals surface area contributed by atoms with Crippen molar-refractivity contribution in [3.63, 3.8) is 0 Å². The van der Waals surface area contributed by atoms with Crippen LogP contribution in [0.3, 0.4) is 0 Å². The summed E-state index contributed by atoms with van der Waals surface area (Å²) in [6.07, 6.45) is 8.24. The predicted molar refractivity (Wildman–Crippen MR) is 198 cm³/mol. The summed E-state index contributed by atoms with van der Waals surface area (Å²) in [5.74, 6) is 0.882. The largest absolute Gasteiger partial charge is 0.453 e. The van der Waals surface area contributed by atoms with Crippen molar-refractivity contribution in [2.75, 3.05) is 27.3 Å². The number of H-pyrrole nitrogens is 2. The van der Waals surface area contributed by atoms with E-state index in [1.807, 2.05) is 57.2 Å². The molecule has 278 valence electrons. The lowest BCUT2D eigenvalue weighted by Crippen LogP contribution is -2.51. The minimum absolute atomic E-state index is 0.131. The molecule has 2 aliphatic heterocycles. The lowest BCUT2D eigenvalue weighted by molar-refractivity contribution is -0.135. The summed E-state index contributed by atoms with van der Waals surface area (Å²) in [5.41, 5.74) is 5.69. The van der Waals surface area contributed by atoms with E-state index < -0.39 is 24.3 Å². The van der Waals surface area contributed by atoms with Crippen LogP contribution in [-0.4, -0.2) is 93.1 Å². The van der Waals surface area contributed by atoms with Gasteiger partial charge >= 0.3 is 12.2 Å². The quantitative estimate of drug-likeness (QED) is 0.142. The fourth-order valence-corrected chi connectivity index (χ4v) is 6.89. The second-order valence-corrected chi connectivity index (χ2v) is 13.5. The van der Waals surface area contributed by atoms with Crippen LogP contribution in [0.4, 0.5) is 9.59 Å². The number of benzene rings is 2. The van der Waals surface area contributed by atoms with Gasteiger partial charge in [0.2, 0.25) is 11.8 Å². The van der Waals surface area contributed by atoms with E-state index in [1.54, 1.807) is 22.2 Å². The molecule has 1 saturated heterocycles. The van der Waals surface area contributed by atoms with Crippen LogP contribution < -0.4 is 10.6 Å². The molecule has 0 radical (unpaired) electrons. The van der Waals surface area contributed by atoms with Gasteiger partial charge in [0.15, 0.2) is 0 Å². The van der Waals surface area contributed by atoms with E-state index in [0.29, 0.717) is 25.3 Å². The van der Waals surface area contributed by atoms with Crippen molar-refractivity contribution in [1.82, 2.24) is 40.4 Å². The second kappa shape index (κ2) is 16.2. The molecule has 4 N–H and O–H groups in total. The average Bonchev–Trinajstić information content (AvgIpc) is 4.02. The number of ether oxygens (including phenoxy) is 2. The molecule has 0 bridgehead atoms. The molecular weight excluding hydrogens is 676 g/mol. The maximum atomic E-state index is 13.5. The Kier molecular flexibility index (Phi) is 11.3. The lowest BCUT2D eigenvalue weighted by atomic mass is 10.0. The number of nitrogens with zero attached hydrogens (tertiary/aromatic N) is 4. The first-order valence-corrected chi connectivity index (χ1v) is 17.9. The summed E-state index contributed by atoms with van der Waals surface area (Å²) < 4.78 is 9.43. The van der Waals surface area contributed by atoms with E-state index in [2.05, 4.69) is 54.8 Å². The molecule has 4 amide bonds. The van der Waals surface area contributed by atoms with Crippen molar-refractivity contribution in [3.8, 4) is 33.6 Å². The van der Waals surface area contributed by atoms with Crippen molar-refractivity contribution in [2.45, 2.75) is 64.2 Å². The summed E-state index contributed by atoms with van der Waals surface area (Å²) in [5, 5.41) is 5.30. The van der Waals surface area contributed by atoms with Gasteiger partial charge in [-0.3, -0.25) is 9.59 Å².